The summed E-state index contributed by atoms with van der Waals surface area (Å²) >= 11 is 0. The van der Waals surface area contributed by atoms with Gasteiger partial charge in [-0.2, -0.15) is 0 Å². The van der Waals surface area contributed by atoms with Crippen molar-refractivity contribution in [3.8, 4) is 0 Å². The summed E-state index contributed by atoms with van der Waals surface area (Å²) in [4.78, 5) is 38.5. The van der Waals surface area contributed by atoms with E-state index in [0.717, 1.165) is 0 Å². The molecule has 0 amide bonds. The number of carbonyl (C=O) groups excluding carboxylic acids is 1. The van der Waals surface area contributed by atoms with E-state index in [1.54, 1.807) is 9.80 Å². The van der Waals surface area contributed by atoms with E-state index in [1.807, 2.05) is 4.90 Å². The Morgan fingerprint density at radius 3 is 1.50 bits per heavy atom. The van der Waals surface area contributed by atoms with Gasteiger partial charge < -0.3 is 19.7 Å². The van der Waals surface area contributed by atoms with Gasteiger partial charge in [0.2, 0.25) is 0 Å². The van der Waals surface area contributed by atoms with E-state index in [9.17, 15) is 14.4 Å². The topological polar surface area (TPSA) is 111 Å². The molecular weight excluding hydrogens is 317 g/mol. The number of carboxylic acids is 2. The van der Waals surface area contributed by atoms with Crippen molar-refractivity contribution < 1.29 is 29.3 Å². The molecule has 135 valence electrons. The molecule has 0 aromatic heterocycles. The first-order valence-corrected chi connectivity index (χ1v) is 7.90. The molecular formula is C14H25BN3O6. The predicted octanol–water partition coefficient (Wildman–Crippen LogP) is -2.48. The van der Waals surface area contributed by atoms with Gasteiger partial charge in [0.15, 0.2) is 7.85 Å². The van der Waals surface area contributed by atoms with Gasteiger partial charge in [0, 0.05) is 45.8 Å². The Bertz CT molecular complexity index is 407. The fourth-order valence-electron chi connectivity index (χ4n) is 2.50. The molecule has 1 saturated heterocycles. The highest BCUT2D eigenvalue weighted by atomic mass is 16.5. The van der Waals surface area contributed by atoms with Gasteiger partial charge in [-0.05, 0) is 0 Å². The van der Waals surface area contributed by atoms with Crippen LogP contribution in [0.5, 0.6) is 0 Å². The molecule has 1 heterocycles. The second-order valence-electron chi connectivity index (χ2n) is 5.77. The number of hydrogen-bond donors (Lipinski definition) is 2. The number of hydrogen-bond acceptors (Lipinski definition) is 7. The second kappa shape index (κ2) is 11.1. The quantitative estimate of drug-likeness (QED) is 0.507. The molecule has 0 aromatic carbocycles. The van der Waals surface area contributed by atoms with Gasteiger partial charge in [0.25, 0.3) is 0 Å². The predicted molar refractivity (Wildman–Crippen MR) is 87.6 cm³/mol. The average Bonchev–Trinajstić information content (AvgIpc) is 2.45. The zero-order valence-electron chi connectivity index (χ0n) is 13.9. The highest BCUT2D eigenvalue weighted by molar-refractivity contribution is 6.58. The van der Waals surface area contributed by atoms with Gasteiger partial charge in [0.05, 0.1) is 32.0 Å². The Hall–Kier alpha value is -1.49. The molecule has 1 aliphatic heterocycles. The van der Waals surface area contributed by atoms with E-state index >= 15 is 0 Å². The molecule has 10 heteroatoms. The van der Waals surface area contributed by atoms with Crippen LogP contribution in [0.2, 0.25) is 0 Å². The van der Waals surface area contributed by atoms with Crippen molar-refractivity contribution in [2.24, 2.45) is 0 Å². The zero-order chi connectivity index (χ0) is 17.9. The molecule has 2 N–H and O–H groups in total. The summed E-state index contributed by atoms with van der Waals surface area (Å²) in [7, 11) is 3.38. The number of carbonyl (C=O) groups is 3. The fourth-order valence-corrected chi connectivity index (χ4v) is 2.50. The van der Waals surface area contributed by atoms with Gasteiger partial charge in [0.1, 0.15) is 0 Å². The van der Waals surface area contributed by atoms with Crippen LogP contribution in [0.15, 0.2) is 0 Å². The lowest BCUT2D eigenvalue weighted by Crippen LogP contribution is -2.45. The van der Waals surface area contributed by atoms with Gasteiger partial charge in [-0.3, -0.25) is 24.3 Å². The Labute approximate surface area is 142 Å². The van der Waals surface area contributed by atoms with Crippen molar-refractivity contribution in [3.05, 3.63) is 0 Å². The van der Waals surface area contributed by atoms with E-state index in [0.29, 0.717) is 52.5 Å². The van der Waals surface area contributed by atoms with E-state index in [1.165, 1.54) is 0 Å². The first-order valence-electron chi connectivity index (χ1n) is 7.90. The number of nitrogens with zero attached hydrogens (tertiary/aromatic N) is 3. The standard InChI is InChI=1S/C14H25BN3O6/c15-12(19)9-17-3-1-16(10-13(20)21)2-4-18(11-14(22)23)6-8-24-7-5-17/h15H,1-11H2,(H,20,21)(H,22,23). The van der Waals surface area contributed by atoms with Crippen LogP contribution in [0.25, 0.3) is 0 Å². The number of carboxylic acid groups (broad SMARTS) is 2. The smallest absolute Gasteiger partial charge is 0.317 e. The lowest BCUT2D eigenvalue weighted by Gasteiger charge is -2.29. The van der Waals surface area contributed by atoms with E-state index in [2.05, 4.69) is 7.85 Å². The fraction of sp³-hybridized carbons (Fsp3) is 0.786. The van der Waals surface area contributed by atoms with Crippen LogP contribution in [0.1, 0.15) is 0 Å². The van der Waals surface area contributed by atoms with Crippen LogP contribution >= 0.6 is 0 Å². The highest BCUT2D eigenvalue weighted by Crippen LogP contribution is 1.99. The van der Waals surface area contributed by atoms with E-state index < -0.39 is 11.9 Å². The summed E-state index contributed by atoms with van der Waals surface area (Å²) in [5, 5.41) is 18.0. The van der Waals surface area contributed by atoms with Gasteiger partial charge in [-0.15, -0.1) is 0 Å². The Kier molecular flexibility index (Phi) is 9.54. The zero-order valence-corrected chi connectivity index (χ0v) is 13.9. The lowest BCUT2D eigenvalue weighted by atomic mass is 10.0. The average molecular weight is 342 g/mol. The highest BCUT2D eigenvalue weighted by Gasteiger charge is 2.17. The maximum Gasteiger partial charge on any atom is 0.317 e. The van der Waals surface area contributed by atoms with Crippen LogP contribution < -0.4 is 0 Å². The summed E-state index contributed by atoms with van der Waals surface area (Å²) in [5.41, 5.74) is -0.195. The summed E-state index contributed by atoms with van der Waals surface area (Å²) < 4.78 is 5.51. The van der Waals surface area contributed by atoms with Gasteiger partial charge >= 0.3 is 11.9 Å². The van der Waals surface area contributed by atoms with Crippen molar-refractivity contribution in [2.45, 2.75) is 0 Å². The maximum absolute atomic E-state index is 11.2. The van der Waals surface area contributed by atoms with Crippen molar-refractivity contribution in [1.29, 1.82) is 0 Å². The first kappa shape index (κ1) is 20.6. The summed E-state index contributed by atoms with van der Waals surface area (Å²) in [6.45, 7) is 3.67. The molecule has 9 nitrogen and oxygen atoms in total. The van der Waals surface area contributed by atoms with Crippen LogP contribution in [0.4, 0.5) is 0 Å². The van der Waals surface area contributed by atoms with Crippen molar-refractivity contribution in [2.75, 3.05) is 72.1 Å². The molecule has 1 fully saturated rings. The van der Waals surface area contributed by atoms with Crippen molar-refractivity contribution >= 4 is 25.5 Å². The number of aliphatic carboxylic acids is 2. The normalized spacial score (nSPS) is 20.0. The molecule has 0 spiro atoms. The van der Waals surface area contributed by atoms with Crippen molar-refractivity contribution in [3.63, 3.8) is 0 Å². The minimum absolute atomic E-state index is 0.105. The molecule has 0 saturated carbocycles. The van der Waals surface area contributed by atoms with Gasteiger partial charge in [-0.25, -0.2) is 0 Å². The maximum atomic E-state index is 11.2. The Morgan fingerprint density at radius 2 is 1.12 bits per heavy atom. The third-order valence-electron chi connectivity index (χ3n) is 3.69. The third kappa shape index (κ3) is 9.61. The number of ether oxygens (including phenoxy) is 1. The lowest BCUT2D eigenvalue weighted by molar-refractivity contribution is -0.140. The van der Waals surface area contributed by atoms with E-state index in [4.69, 9.17) is 14.9 Å². The minimum Gasteiger partial charge on any atom is -0.480 e. The summed E-state index contributed by atoms with van der Waals surface area (Å²) in [6, 6.07) is 0. The van der Waals surface area contributed by atoms with Crippen LogP contribution in [-0.4, -0.2) is 122 Å². The molecule has 0 aromatic rings. The molecule has 1 radical (unpaired) electrons. The minimum atomic E-state index is -0.935. The molecule has 0 unspecified atom stereocenters. The van der Waals surface area contributed by atoms with E-state index in [-0.39, 0.29) is 25.3 Å². The van der Waals surface area contributed by atoms with Crippen molar-refractivity contribution in [1.82, 2.24) is 14.7 Å². The Morgan fingerprint density at radius 1 is 0.750 bits per heavy atom. The second-order valence-corrected chi connectivity index (χ2v) is 5.77. The monoisotopic (exact) mass is 342 g/mol. The molecule has 1 rings (SSSR count). The molecule has 1 aliphatic rings. The van der Waals surface area contributed by atoms with Crippen LogP contribution in [0, 0.1) is 0 Å². The number of rotatable bonds is 6. The summed E-state index contributed by atoms with van der Waals surface area (Å²) in [5.74, 6) is -1.86. The Balaban J connectivity index is 2.68. The first-order chi connectivity index (χ1) is 11.4. The summed E-state index contributed by atoms with van der Waals surface area (Å²) in [6.07, 6.45) is 0. The van der Waals surface area contributed by atoms with Crippen LogP contribution in [0.3, 0.4) is 0 Å². The van der Waals surface area contributed by atoms with Crippen LogP contribution in [-0.2, 0) is 19.1 Å². The SMILES string of the molecule is [BH]C(=O)CN1CCOCCN(CC(=O)O)CCN(CC(=O)O)CC1. The van der Waals surface area contributed by atoms with Gasteiger partial charge in [-0.1, -0.05) is 0 Å². The molecule has 0 bridgehead atoms. The molecule has 0 atom stereocenters. The molecule has 0 aliphatic carbocycles. The third-order valence-corrected chi connectivity index (χ3v) is 3.69. The largest absolute Gasteiger partial charge is 0.480 e. The molecule has 24 heavy (non-hydrogen) atoms.